The van der Waals surface area contributed by atoms with Gasteiger partial charge >= 0.3 is 0 Å². The van der Waals surface area contributed by atoms with Crippen LogP contribution in [0.4, 0.5) is 0 Å². The lowest BCUT2D eigenvalue weighted by Crippen LogP contribution is -2.49. The molecule has 0 aliphatic carbocycles. The molecule has 0 unspecified atom stereocenters. The summed E-state index contributed by atoms with van der Waals surface area (Å²) < 4.78 is 5.18. The number of nitrogens with zero attached hydrogens (tertiary/aromatic N) is 2. The fourth-order valence-corrected chi connectivity index (χ4v) is 2.11. The monoisotopic (exact) mass is 262 g/mol. The van der Waals surface area contributed by atoms with Crippen molar-refractivity contribution in [3.8, 4) is 5.75 Å². The van der Waals surface area contributed by atoms with Gasteiger partial charge in [0.25, 0.3) is 0 Å². The Hall–Kier alpha value is -1.88. The molecule has 1 saturated heterocycles. The van der Waals surface area contributed by atoms with Gasteiger partial charge in [-0.25, -0.2) is 0 Å². The predicted octanol–water partition coefficient (Wildman–Crippen LogP) is 0.652. The third-order valence-corrected chi connectivity index (χ3v) is 3.31. The first kappa shape index (κ1) is 13.5. The second-order valence-corrected chi connectivity index (χ2v) is 4.65. The summed E-state index contributed by atoms with van der Waals surface area (Å²) in [5.74, 6) is 0.613. The molecule has 5 nitrogen and oxygen atoms in total. The molecule has 0 N–H and O–H groups in total. The van der Waals surface area contributed by atoms with Crippen molar-refractivity contribution in [1.82, 2.24) is 9.80 Å². The highest BCUT2D eigenvalue weighted by atomic mass is 16.5. The summed E-state index contributed by atoms with van der Waals surface area (Å²) in [7, 11) is 3.33. The van der Waals surface area contributed by atoms with Crippen molar-refractivity contribution in [3.63, 3.8) is 0 Å². The van der Waals surface area contributed by atoms with Crippen LogP contribution in [0.15, 0.2) is 24.3 Å². The Kier molecular flexibility index (Phi) is 4.16. The number of methoxy groups -OCH3 is 1. The summed E-state index contributed by atoms with van der Waals surface area (Å²) in [5.41, 5.74) is 0.566. The van der Waals surface area contributed by atoms with Gasteiger partial charge in [-0.3, -0.25) is 14.5 Å². The molecule has 1 heterocycles. The van der Waals surface area contributed by atoms with E-state index in [1.165, 1.54) is 0 Å². The number of likely N-dealkylation sites (N-methyl/N-ethyl adjacent to an activating group) is 1. The number of carbonyl (C=O) groups excluding carboxylic acids is 2. The van der Waals surface area contributed by atoms with Gasteiger partial charge in [-0.1, -0.05) is 12.1 Å². The number of rotatable bonds is 4. The van der Waals surface area contributed by atoms with Crippen molar-refractivity contribution in [2.45, 2.75) is 0 Å². The van der Waals surface area contributed by atoms with Gasteiger partial charge in [0.05, 0.1) is 25.8 Å². The summed E-state index contributed by atoms with van der Waals surface area (Å²) in [6.45, 7) is 1.94. The van der Waals surface area contributed by atoms with Gasteiger partial charge in [0.2, 0.25) is 5.91 Å². The molecule has 2 rings (SSSR count). The smallest absolute Gasteiger partial charge is 0.236 e. The number of Topliss-reactive ketones (excluding diaryl/α,β-unsaturated/α-hetero) is 1. The lowest BCUT2D eigenvalue weighted by molar-refractivity contribution is -0.134. The average Bonchev–Trinajstić information content (AvgIpc) is 2.43. The highest BCUT2D eigenvalue weighted by molar-refractivity contribution is 6.00. The third-order valence-electron chi connectivity index (χ3n) is 3.31. The van der Waals surface area contributed by atoms with Gasteiger partial charge in [-0.15, -0.1) is 0 Å². The van der Waals surface area contributed by atoms with Crippen molar-refractivity contribution in [3.05, 3.63) is 29.8 Å². The van der Waals surface area contributed by atoms with Crippen LogP contribution in [-0.4, -0.2) is 61.8 Å². The van der Waals surface area contributed by atoms with E-state index in [9.17, 15) is 9.59 Å². The van der Waals surface area contributed by atoms with Gasteiger partial charge in [-0.2, -0.15) is 0 Å². The number of piperazine rings is 1. The second kappa shape index (κ2) is 5.84. The van der Waals surface area contributed by atoms with Crippen molar-refractivity contribution in [1.29, 1.82) is 0 Å². The van der Waals surface area contributed by atoms with Crippen LogP contribution < -0.4 is 4.74 Å². The Balaban J connectivity index is 2.03. The number of hydrogen-bond donors (Lipinski definition) is 0. The highest BCUT2D eigenvalue weighted by Crippen LogP contribution is 2.18. The van der Waals surface area contributed by atoms with Crippen molar-refractivity contribution in [2.24, 2.45) is 0 Å². The normalized spacial score (nSPS) is 16.5. The zero-order valence-electron chi connectivity index (χ0n) is 11.3. The first-order valence-corrected chi connectivity index (χ1v) is 6.24. The van der Waals surface area contributed by atoms with Crippen LogP contribution in [0.25, 0.3) is 0 Å². The summed E-state index contributed by atoms with van der Waals surface area (Å²) in [6, 6.07) is 7.15. The number of ether oxygens (including phenoxy) is 1. The van der Waals surface area contributed by atoms with E-state index < -0.39 is 0 Å². The largest absolute Gasteiger partial charge is 0.496 e. The van der Waals surface area contributed by atoms with Crippen LogP contribution in [-0.2, 0) is 4.79 Å². The fraction of sp³-hybridized carbons (Fsp3) is 0.429. The molecule has 0 atom stereocenters. The molecule has 19 heavy (non-hydrogen) atoms. The molecule has 1 aliphatic heterocycles. The zero-order chi connectivity index (χ0) is 13.8. The Morgan fingerprint density at radius 3 is 2.74 bits per heavy atom. The molecule has 1 fully saturated rings. The molecule has 0 spiro atoms. The Labute approximate surface area is 112 Å². The number of benzene rings is 1. The van der Waals surface area contributed by atoms with Crippen LogP contribution >= 0.6 is 0 Å². The molecular weight excluding hydrogens is 244 g/mol. The van der Waals surface area contributed by atoms with E-state index in [1.807, 2.05) is 17.0 Å². The van der Waals surface area contributed by atoms with E-state index in [2.05, 4.69) is 0 Å². The number of hydrogen-bond acceptors (Lipinski definition) is 4. The number of carbonyl (C=O) groups is 2. The standard InChI is InChI=1S/C14H18N2O3/c1-15-7-8-16(10-14(15)18)9-12(17)11-5-3-4-6-13(11)19-2/h3-6H,7-10H2,1-2H3. The van der Waals surface area contributed by atoms with E-state index in [-0.39, 0.29) is 18.2 Å². The molecule has 5 heteroatoms. The molecule has 102 valence electrons. The van der Waals surface area contributed by atoms with Crippen molar-refractivity contribution in [2.75, 3.05) is 40.3 Å². The van der Waals surface area contributed by atoms with Gasteiger partial charge in [0, 0.05) is 20.1 Å². The van der Waals surface area contributed by atoms with Gasteiger partial charge in [-0.05, 0) is 12.1 Å². The Morgan fingerprint density at radius 1 is 1.32 bits per heavy atom. The van der Waals surface area contributed by atoms with Crippen LogP contribution in [0.2, 0.25) is 0 Å². The van der Waals surface area contributed by atoms with Crippen molar-refractivity contribution >= 4 is 11.7 Å². The molecule has 0 aromatic heterocycles. The molecular formula is C14H18N2O3. The minimum absolute atomic E-state index is 0.0187. The second-order valence-electron chi connectivity index (χ2n) is 4.65. The topological polar surface area (TPSA) is 49.9 Å². The molecule has 1 amide bonds. The molecule has 1 aliphatic rings. The SMILES string of the molecule is COc1ccccc1C(=O)CN1CCN(C)C(=O)C1. The molecule has 1 aromatic carbocycles. The molecule has 0 saturated carbocycles. The van der Waals surface area contributed by atoms with E-state index in [1.54, 1.807) is 31.2 Å². The quantitative estimate of drug-likeness (QED) is 0.748. The summed E-state index contributed by atoms with van der Waals surface area (Å²) in [6.07, 6.45) is 0. The maximum Gasteiger partial charge on any atom is 0.236 e. The fourth-order valence-electron chi connectivity index (χ4n) is 2.11. The first-order chi connectivity index (χ1) is 9.11. The van der Waals surface area contributed by atoms with Crippen LogP contribution in [0.1, 0.15) is 10.4 Å². The van der Waals surface area contributed by atoms with E-state index >= 15 is 0 Å². The summed E-state index contributed by atoms with van der Waals surface area (Å²) in [5, 5.41) is 0. The van der Waals surface area contributed by atoms with Gasteiger partial charge in [0.15, 0.2) is 5.78 Å². The summed E-state index contributed by atoms with van der Waals surface area (Å²) >= 11 is 0. The minimum atomic E-state index is -0.0187. The predicted molar refractivity (Wildman–Crippen MR) is 71.4 cm³/mol. The molecule has 1 aromatic rings. The number of para-hydroxylation sites is 1. The van der Waals surface area contributed by atoms with Crippen LogP contribution in [0.5, 0.6) is 5.75 Å². The van der Waals surface area contributed by atoms with Crippen LogP contribution in [0.3, 0.4) is 0 Å². The van der Waals surface area contributed by atoms with E-state index in [0.29, 0.717) is 24.4 Å². The lowest BCUT2D eigenvalue weighted by atomic mass is 10.1. The number of amides is 1. The average molecular weight is 262 g/mol. The zero-order valence-corrected chi connectivity index (χ0v) is 11.3. The molecule has 0 bridgehead atoms. The maximum absolute atomic E-state index is 12.2. The summed E-state index contributed by atoms with van der Waals surface area (Å²) in [4.78, 5) is 27.4. The van der Waals surface area contributed by atoms with Gasteiger partial charge < -0.3 is 9.64 Å². The lowest BCUT2D eigenvalue weighted by Gasteiger charge is -2.31. The van der Waals surface area contributed by atoms with E-state index in [0.717, 1.165) is 6.54 Å². The van der Waals surface area contributed by atoms with Crippen LogP contribution in [0, 0.1) is 0 Å². The molecule has 0 radical (unpaired) electrons. The Bertz CT molecular complexity index is 487. The van der Waals surface area contributed by atoms with Crippen molar-refractivity contribution < 1.29 is 14.3 Å². The Morgan fingerprint density at radius 2 is 2.05 bits per heavy atom. The number of ketones is 1. The van der Waals surface area contributed by atoms with Gasteiger partial charge in [0.1, 0.15) is 5.75 Å². The maximum atomic E-state index is 12.2. The third kappa shape index (κ3) is 3.12. The first-order valence-electron chi connectivity index (χ1n) is 6.24. The highest BCUT2D eigenvalue weighted by Gasteiger charge is 2.23. The van der Waals surface area contributed by atoms with E-state index in [4.69, 9.17) is 4.74 Å². The minimum Gasteiger partial charge on any atom is -0.496 e.